The predicted molar refractivity (Wildman–Crippen MR) is 71.4 cm³/mol. The minimum Gasteiger partial charge on any atom is -0.342 e. The first-order valence-corrected chi connectivity index (χ1v) is 6.32. The van der Waals surface area contributed by atoms with Gasteiger partial charge in [-0.2, -0.15) is 0 Å². The summed E-state index contributed by atoms with van der Waals surface area (Å²) in [7, 11) is 0. The van der Waals surface area contributed by atoms with E-state index in [1.165, 1.54) is 20.9 Å². The number of rotatable bonds is 2. The van der Waals surface area contributed by atoms with E-state index in [0.29, 0.717) is 0 Å². The van der Waals surface area contributed by atoms with Crippen LogP contribution in [0.5, 0.6) is 0 Å². The van der Waals surface area contributed by atoms with Gasteiger partial charge in [0.15, 0.2) is 0 Å². The van der Waals surface area contributed by atoms with E-state index >= 15 is 0 Å². The Labute approximate surface area is 104 Å². The average Bonchev–Trinajstić information content (AvgIpc) is 2.68. The molecule has 0 aliphatic heterocycles. The maximum Gasteiger partial charge on any atom is 0.138 e. The lowest BCUT2D eigenvalue weighted by molar-refractivity contribution is 1.20. The second-order valence-electron chi connectivity index (χ2n) is 3.89. The summed E-state index contributed by atoms with van der Waals surface area (Å²) in [6.45, 7) is 2.09. The van der Waals surface area contributed by atoms with Gasteiger partial charge in [0.1, 0.15) is 5.65 Å². The van der Waals surface area contributed by atoms with Gasteiger partial charge in [-0.3, -0.25) is 0 Å². The van der Waals surface area contributed by atoms with Gasteiger partial charge in [-0.1, -0.05) is 30.0 Å². The monoisotopic (exact) mass is 240 g/mol. The van der Waals surface area contributed by atoms with Crippen LogP contribution in [0, 0.1) is 6.92 Å². The highest BCUT2D eigenvalue weighted by molar-refractivity contribution is 7.99. The Kier molecular flexibility index (Phi) is 2.61. The number of aromatic nitrogens is 2. The van der Waals surface area contributed by atoms with Gasteiger partial charge in [0.25, 0.3) is 0 Å². The number of pyridine rings is 1. The number of nitrogens with one attached hydrogen (secondary N) is 1. The van der Waals surface area contributed by atoms with E-state index in [4.69, 9.17) is 0 Å². The third-order valence-corrected chi connectivity index (χ3v) is 3.90. The molecule has 0 fully saturated rings. The summed E-state index contributed by atoms with van der Waals surface area (Å²) in [5.74, 6) is 0. The fraction of sp³-hybridized carbons (Fsp3) is 0.0714. The fourth-order valence-corrected chi connectivity index (χ4v) is 2.87. The van der Waals surface area contributed by atoms with Gasteiger partial charge in [0.05, 0.1) is 0 Å². The van der Waals surface area contributed by atoms with Crippen molar-refractivity contribution in [1.29, 1.82) is 0 Å². The van der Waals surface area contributed by atoms with Crippen molar-refractivity contribution in [3.8, 4) is 0 Å². The van der Waals surface area contributed by atoms with Gasteiger partial charge < -0.3 is 4.98 Å². The molecule has 0 saturated heterocycles. The van der Waals surface area contributed by atoms with Gasteiger partial charge in [0, 0.05) is 27.1 Å². The van der Waals surface area contributed by atoms with Crippen LogP contribution < -0.4 is 0 Å². The topological polar surface area (TPSA) is 28.7 Å². The summed E-state index contributed by atoms with van der Waals surface area (Å²) in [6, 6.07) is 14.5. The van der Waals surface area contributed by atoms with Crippen molar-refractivity contribution in [1.82, 2.24) is 9.97 Å². The molecule has 2 aromatic heterocycles. The molecule has 17 heavy (non-hydrogen) atoms. The van der Waals surface area contributed by atoms with Crippen molar-refractivity contribution in [3.63, 3.8) is 0 Å². The van der Waals surface area contributed by atoms with Gasteiger partial charge in [-0.15, -0.1) is 0 Å². The molecule has 1 aromatic carbocycles. The molecule has 0 atom stereocenters. The van der Waals surface area contributed by atoms with E-state index in [0.717, 1.165) is 5.65 Å². The van der Waals surface area contributed by atoms with Crippen molar-refractivity contribution in [2.24, 2.45) is 0 Å². The molecule has 2 nitrogen and oxygen atoms in total. The standard InChI is InChI=1S/C14H12N2S/c1-10-13(17-11-6-3-2-4-7-11)12-8-5-9-15-14(12)16-10/h2-9H,1H3,(H,15,16). The number of aromatic amines is 1. The summed E-state index contributed by atoms with van der Waals surface area (Å²) in [5.41, 5.74) is 2.14. The maximum absolute atomic E-state index is 4.34. The second-order valence-corrected chi connectivity index (χ2v) is 4.98. The Morgan fingerprint density at radius 1 is 1.06 bits per heavy atom. The molecule has 0 aliphatic carbocycles. The third-order valence-electron chi connectivity index (χ3n) is 2.66. The number of fused-ring (bicyclic) bond motifs is 1. The van der Waals surface area contributed by atoms with E-state index in [2.05, 4.69) is 47.2 Å². The quantitative estimate of drug-likeness (QED) is 0.732. The molecule has 0 aliphatic rings. The lowest BCUT2D eigenvalue weighted by Gasteiger charge is -2.00. The summed E-state index contributed by atoms with van der Waals surface area (Å²) in [6.07, 6.45) is 1.81. The SMILES string of the molecule is Cc1[nH]c2ncccc2c1Sc1ccccc1. The van der Waals surface area contributed by atoms with Crippen molar-refractivity contribution in [2.75, 3.05) is 0 Å². The third kappa shape index (κ3) is 1.94. The van der Waals surface area contributed by atoms with Crippen LogP contribution in [0.4, 0.5) is 0 Å². The summed E-state index contributed by atoms with van der Waals surface area (Å²) >= 11 is 1.78. The van der Waals surface area contributed by atoms with Gasteiger partial charge in [0.2, 0.25) is 0 Å². The van der Waals surface area contributed by atoms with Crippen LogP contribution in [0.15, 0.2) is 58.5 Å². The lowest BCUT2D eigenvalue weighted by atomic mass is 10.3. The van der Waals surface area contributed by atoms with Crippen molar-refractivity contribution >= 4 is 22.8 Å². The Bertz CT molecular complexity index is 644. The maximum atomic E-state index is 4.34. The van der Waals surface area contributed by atoms with Gasteiger partial charge in [-0.25, -0.2) is 4.98 Å². The molecule has 2 heterocycles. The van der Waals surface area contributed by atoms with Gasteiger partial charge in [-0.05, 0) is 31.2 Å². The first-order chi connectivity index (χ1) is 8.34. The largest absolute Gasteiger partial charge is 0.342 e. The Morgan fingerprint density at radius 2 is 1.88 bits per heavy atom. The minimum absolute atomic E-state index is 0.962. The van der Waals surface area contributed by atoms with E-state index in [-0.39, 0.29) is 0 Å². The Balaban J connectivity index is 2.08. The van der Waals surface area contributed by atoms with Crippen LogP contribution in [0.25, 0.3) is 11.0 Å². The summed E-state index contributed by atoms with van der Waals surface area (Å²) in [4.78, 5) is 10.2. The van der Waals surface area contributed by atoms with Crippen LogP contribution in [-0.4, -0.2) is 9.97 Å². The molecule has 0 spiro atoms. The lowest BCUT2D eigenvalue weighted by Crippen LogP contribution is -1.75. The highest BCUT2D eigenvalue weighted by Crippen LogP contribution is 2.35. The summed E-state index contributed by atoms with van der Waals surface area (Å²) in [5, 5.41) is 1.19. The average molecular weight is 240 g/mol. The molecule has 84 valence electrons. The fourth-order valence-electron chi connectivity index (χ4n) is 1.86. The molecular weight excluding hydrogens is 228 g/mol. The zero-order valence-corrected chi connectivity index (χ0v) is 10.3. The predicted octanol–water partition coefficient (Wildman–Crippen LogP) is 4.02. The van der Waals surface area contributed by atoms with Crippen LogP contribution in [0.2, 0.25) is 0 Å². The smallest absolute Gasteiger partial charge is 0.138 e. The molecule has 1 N–H and O–H groups in total. The van der Waals surface area contributed by atoms with Crippen LogP contribution >= 0.6 is 11.8 Å². The van der Waals surface area contributed by atoms with E-state index in [1.54, 1.807) is 11.8 Å². The Morgan fingerprint density at radius 3 is 2.71 bits per heavy atom. The zero-order valence-electron chi connectivity index (χ0n) is 9.47. The minimum atomic E-state index is 0.962. The number of nitrogens with zero attached hydrogens (tertiary/aromatic N) is 1. The van der Waals surface area contributed by atoms with Crippen molar-refractivity contribution in [2.45, 2.75) is 16.7 Å². The Hall–Kier alpha value is -1.74. The molecular formula is C14H12N2S. The highest BCUT2D eigenvalue weighted by atomic mass is 32.2. The summed E-state index contributed by atoms with van der Waals surface area (Å²) < 4.78 is 0. The number of hydrogen-bond donors (Lipinski definition) is 1. The van der Waals surface area contributed by atoms with E-state index in [9.17, 15) is 0 Å². The molecule has 0 amide bonds. The highest BCUT2D eigenvalue weighted by Gasteiger charge is 2.09. The van der Waals surface area contributed by atoms with Crippen LogP contribution in [-0.2, 0) is 0 Å². The molecule has 3 heteroatoms. The van der Waals surface area contributed by atoms with Crippen molar-refractivity contribution < 1.29 is 0 Å². The first kappa shape index (κ1) is 10.4. The van der Waals surface area contributed by atoms with E-state index in [1.807, 2.05) is 18.3 Å². The number of benzene rings is 1. The number of H-pyrrole nitrogens is 1. The first-order valence-electron chi connectivity index (χ1n) is 5.51. The zero-order chi connectivity index (χ0) is 11.7. The molecule has 0 bridgehead atoms. The number of hydrogen-bond acceptors (Lipinski definition) is 2. The normalized spacial score (nSPS) is 10.9. The van der Waals surface area contributed by atoms with Crippen LogP contribution in [0.1, 0.15) is 5.69 Å². The van der Waals surface area contributed by atoms with E-state index < -0.39 is 0 Å². The molecule has 3 rings (SSSR count). The van der Waals surface area contributed by atoms with Gasteiger partial charge >= 0.3 is 0 Å². The molecule has 3 aromatic rings. The molecule has 0 saturated carbocycles. The molecule has 0 unspecified atom stereocenters. The van der Waals surface area contributed by atoms with Crippen molar-refractivity contribution in [3.05, 3.63) is 54.4 Å². The number of aryl methyl sites for hydroxylation is 1. The van der Waals surface area contributed by atoms with Crippen LogP contribution in [0.3, 0.4) is 0 Å². The second kappa shape index (κ2) is 4.26. The molecule has 0 radical (unpaired) electrons.